The first-order chi connectivity index (χ1) is 14.1. The van der Waals surface area contributed by atoms with Crippen molar-refractivity contribution in [3.05, 3.63) is 71.3 Å². The van der Waals surface area contributed by atoms with Crippen LogP contribution >= 0.6 is 0 Å². The number of benzene rings is 2. The summed E-state index contributed by atoms with van der Waals surface area (Å²) in [5, 5.41) is 2.67. The summed E-state index contributed by atoms with van der Waals surface area (Å²) >= 11 is 0. The maximum absolute atomic E-state index is 12.7. The van der Waals surface area contributed by atoms with Crippen molar-refractivity contribution in [3.63, 3.8) is 0 Å². The third kappa shape index (κ3) is 5.41. The molecule has 0 unspecified atom stereocenters. The van der Waals surface area contributed by atoms with Crippen LogP contribution < -0.4 is 5.32 Å². The maximum atomic E-state index is 12.7. The van der Waals surface area contributed by atoms with E-state index in [1.165, 1.54) is 29.2 Å². The topological polar surface area (TPSA) is 83.6 Å². The van der Waals surface area contributed by atoms with Crippen molar-refractivity contribution in [3.8, 4) is 0 Å². The summed E-state index contributed by atoms with van der Waals surface area (Å²) in [5.41, 5.74) is 1.02. The molecule has 0 aliphatic carbocycles. The summed E-state index contributed by atoms with van der Waals surface area (Å²) in [6.07, 6.45) is 0. The predicted molar refractivity (Wildman–Crippen MR) is 115 cm³/mol. The number of hydrogen-bond donors (Lipinski definition) is 1. The molecule has 30 heavy (non-hydrogen) atoms. The van der Waals surface area contributed by atoms with Gasteiger partial charge in [-0.15, -0.1) is 0 Å². The highest BCUT2D eigenvalue weighted by molar-refractivity contribution is 6.45. The zero-order valence-electron chi connectivity index (χ0n) is 18.0. The molecule has 0 spiro atoms. The molecule has 0 aliphatic heterocycles. The first-order valence-corrected chi connectivity index (χ1v) is 10.0. The lowest BCUT2D eigenvalue weighted by Crippen LogP contribution is -2.45. The van der Waals surface area contributed by atoms with E-state index in [9.17, 15) is 19.2 Å². The molecule has 2 aromatic carbocycles. The van der Waals surface area contributed by atoms with E-state index in [0.717, 1.165) is 5.56 Å². The van der Waals surface area contributed by atoms with Crippen LogP contribution in [-0.2, 0) is 9.59 Å². The molecular formula is C24H28N2O4. The molecule has 0 heterocycles. The SMILES string of the molecule is CC(C)N(C(=O)C(=O)c1cccc(C(=O)C(=O)N[C@H](C)c2ccccc2)c1)C(C)C. The van der Waals surface area contributed by atoms with Crippen LogP contribution in [0.25, 0.3) is 0 Å². The molecule has 0 saturated heterocycles. The summed E-state index contributed by atoms with van der Waals surface area (Å²) in [6, 6.07) is 14.4. The van der Waals surface area contributed by atoms with E-state index in [-0.39, 0.29) is 29.3 Å². The molecule has 0 fully saturated rings. The van der Waals surface area contributed by atoms with E-state index in [2.05, 4.69) is 5.32 Å². The monoisotopic (exact) mass is 408 g/mol. The predicted octanol–water partition coefficient (Wildman–Crippen LogP) is 3.57. The normalized spacial score (nSPS) is 11.8. The lowest BCUT2D eigenvalue weighted by Gasteiger charge is -2.30. The number of nitrogens with one attached hydrogen (secondary N) is 1. The number of hydrogen-bond acceptors (Lipinski definition) is 4. The van der Waals surface area contributed by atoms with Gasteiger partial charge in [0.05, 0.1) is 6.04 Å². The Morgan fingerprint density at radius 2 is 1.27 bits per heavy atom. The molecule has 0 saturated carbocycles. The number of ketones is 2. The summed E-state index contributed by atoms with van der Waals surface area (Å²) in [7, 11) is 0. The van der Waals surface area contributed by atoms with E-state index >= 15 is 0 Å². The largest absolute Gasteiger partial charge is 0.343 e. The second-order valence-electron chi connectivity index (χ2n) is 7.74. The number of Topliss-reactive ketones (excluding diaryl/α,β-unsaturated/α-hetero) is 2. The van der Waals surface area contributed by atoms with Crippen LogP contribution in [0.2, 0.25) is 0 Å². The number of nitrogens with zero attached hydrogens (tertiary/aromatic N) is 1. The quantitative estimate of drug-likeness (QED) is 0.535. The maximum Gasteiger partial charge on any atom is 0.295 e. The zero-order valence-corrected chi connectivity index (χ0v) is 18.0. The minimum absolute atomic E-state index is 0.0621. The van der Waals surface area contributed by atoms with Crippen LogP contribution in [0, 0.1) is 0 Å². The Bertz CT molecular complexity index is 927. The smallest absolute Gasteiger partial charge is 0.295 e. The van der Waals surface area contributed by atoms with Gasteiger partial charge in [0, 0.05) is 23.2 Å². The average Bonchev–Trinajstić information content (AvgIpc) is 2.72. The molecule has 2 rings (SSSR count). The first-order valence-electron chi connectivity index (χ1n) is 10.0. The molecule has 1 N–H and O–H groups in total. The average molecular weight is 408 g/mol. The van der Waals surface area contributed by atoms with Crippen LogP contribution in [-0.4, -0.2) is 40.4 Å². The van der Waals surface area contributed by atoms with Crippen molar-refractivity contribution in [2.45, 2.75) is 52.7 Å². The summed E-state index contributed by atoms with van der Waals surface area (Å²) < 4.78 is 0. The van der Waals surface area contributed by atoms with Crippen LogP contribution in [0.15, 0.2) is 54.6 Å². The first kappa shape index (κ1) is 23.0. The van der Waals surface area contributed by atoms with E-state index in [1.54, 1.807) is 6.92 Å². The lowest BCUT2D eigenvalue weighted by molar-refractivity contribution is -0.129. The third-order valence-electron chi connectivity index (χ3n) is 4.78. The molecular weight excluding hydrogens is 380 g/mol. The molecule has 2 amide bonds. The summed E-state index contributed by atoms with van der Waals surface area (Å²) in [4.78, 5) is 51.8. The summed E-state index contributed by atoms with van der Waals surface area (Å²) in [6.45, 7) is 9.13. The van der Waals surface area contributed by atoms with Crippen LogP contribution in [0.4, 0.5) is 0 Å². The highest BCUT2D eigenvalue weighted by Crippen LogP contribution is 2.14. The van der Waals surface area contributed by atoms with Crippen LogP contribution in [0.3, 0.4) is 0 Å². The van der Waals surface area contributed by atoms with Gasteiger partial charge in [-0.25, -0.2) is 0 Å². The highest BCUT2D eigenvalue weighted by atomic mass is 16.2. The molecule has 1 atom stereocenters. The molecule has 0 aliphatic rings. The minimum atomic E-state index is -0.770. The highest BCUT2D eigenvalue weighted by Gasteiger charge is 2.28. The van der Waals surface area contributed by atoms with E-state index < -0.39 is 23.4 Å². The Balaban J connectivity index is 2.17. The van der Waals surface area contributed by atoms with Gasteiger partial charge in [0.1, 0.15) is 0 Å². The Hall–Kier alpha value is -3.28. The second-order valence-corrected chi connectivity index (χ2v) is 7.74. The van der Waals surface area contributed by atoms with E-state index in [4.69, 9.17) is 0 Å². The van der Waals surface area contributed by atoms with Gasteiger partial charge in [-0.1, -0.05) is 48.5 Å². The van der Waals surface area contributed by atoms with E-state index in [0.29, 0.717) is 0 Å². The molecule has 6 heteroatoms. The number of carbonyl (C=O) groups excluding carboxylic acids is 4. The van der Waals surface area contributed by atoms with Crippen molar-refractivity contribution in [2.75, 3.05) is 0 Å². The van der Waals surface area contributed by atoms with Crippen molar-refractivity contribution >= 4 is 23.4 Å². The Morgan fingerprint density at radius 1 is 0.733 bits per heavy atom. The van der Waals surface area contributed by atoms with Gasteiger partial charge >= 0.3 is 0 Å². The van der Waals surface area contributed by atoms with Gasteiger partial charge in [-0.3, -0.25) is 19.2 Å². The van der Waals surface area contributed by atoms with Crippen molar-refractivity contribution in [1.29, 1.82) is 0 Å². The van der Waals surface area contributed by atoms with Gasteiger partial charge in [0.15, 0.2) is 0 Å². The Morgan fingerprint density at radius 3 is 1.80 bits per heavy atom. The fraction of sp³-hybridized carbons (Fsp3) is 0.333. The molecule has 2 aromatic rings. The van der Waals surface area contributed by atoms with Gasteiger partial charge < -0.3 is 10.2 Å². The third-order valence-corrected chi connectivity index (χ3v) is 4.78. The fourth-order valence-electron chi connectivity index (χ4n) is 3.33. The van der Waals surface area contributed by atoms with Gasteiger partial charge in [-0.05, 0) is 46.2 Å². The van der Waals surface area contributed by atoms with Crippen LogP contribution in [0.5, 0.6) is 0 Å². The molecule has 0 radical (unpaired) electrons. The molecule has 6 nitrogen and oxygen atoms in total. The van der Waals surface area contributed by atoms with Crippen molar-refractivity contribution < 1.29 is 19.2 Å². The Labute approximate surface area is 177 Å². The van der Waals surface area contributed by atoms with Crippen molar-refractivity contribution in [2.24, 2.45) is 0 Å². The van der Waals surface area contributed by atoms with E-state index in [1.807, 2.05) is 58.0 Å². The number of amides is 2. The van der Waals surface area contributed by atoms with Gasteiger partial charge in [0.25, 0.3) is 11.8 Å². The van der Waals surface area contributed by atoms with Crippen molar-refractivity contribution in [1.82, 2.24) is 10.2 Å². The summed E-state index contributed by atoms with van der Waals surface area (Å²) in [5.74, 6) is -2.87. The molecule has 0 aromatic heterocycles. The second kappa shape index (κ2) is 9.96. The van der Waals surface area contributed by atoms with Gasteiger partial charge in [0.2, 0.25) is 11.6 Å². The molecule has 158 valence electrons. The zero-order chi connectivity index (χ0) is 22.4. The molecule has 0 bridgehead atoms. The number of rotatable bonds is 8. The fourth-order valence-corrected chi connectivity index (χ4v) is 3.33. The van der Waals surface area contributed by atoms with Gasteiger partial charge in [-0.2, -0.15) is 0 Å². The minimum Gasteiger partial charge on any atom is -0.343 e. The lowest BCUT2D eigenvalue weighted by atomic mass is 10.0. The number of carbonyl (C=O) groups is 4. The van der Waals surface area contributed by atoms with Crippen LogP contribution in [0.1, 0.15) is 66.9 Å². The standard InChI is InChI=1S/C24H28N2O4/c1-15(2)26(16(3)4)24(30)22(28)20-13-9-12-19(14-20)21(27)23(29)25-17(5)18-10-7-6-8-11-18/h6-17H,1-5H3,(H,25,29)/t17-/m1/s1. The Kier molecular flexibility index (Phi) is 7.64.